The first-order valence-electron chi connectivity index (χ1n) is 4.82. The Bertz CT molecular complexity index is 321. The molecule has 0 aliphatic carbocycles. The van der Waals surface area contributed by atoms with E-state index in [0.717, 1.165) is 10.2 Å². The minimum absolute atomic E-state index is 0.131. The first-order valence-corrected chi connectivity index (χ1v) is 6.82. The molecule has 0 saturated heterocycles. The van der Waals surface area contributed by atoms with Crippen LogP contribution in [0.2, 0.25) is 0 Å². The van der Waals surface area contributed by atoms with Gasteiger partial charge in [-0.2, -0.15) is 0 Å². The normalized spacial score (nSPS) is 11.5. The fraction of sp³-hybridized carbons (Fsp3) is 0.545. The van der Waals surface area contributed by atoms with Crippen molar-refractivity contribution in [3.63, 3.8) is 0 Å². The number of alkyl halides is 1. The minimum atomic E-state index is -0.131. The zero-order valence-electron chi connectivity index (χ0n) is 9.29. The van der Waals surface area contributed by atoms with Crippen molar-refractivity contribution in [3.05, 3.63) is 22.4 Å². The molecule has 0 aliphatic heterocycles. The second-order valence-corrected chi connectivity index (χ2v) is 5.75. The van der Waals surface area contributed by atoms with Gasteiger partial charge in [0.25, 0.3) is 0 Å². The number of rotatable bonds is 4. The summed E-state index contributed by atoms with van der Waals surface area (Å²) in [4.78, 5) is 14.9. The third-order valence-corrected chi connectivity index (χ3v) is 4.76. The van der Waals surface area contributed by atoms with Crippen molar-refractivity contribution in [3.8, 4) is 0 Å². The van der Waals surface area contributed by atoms with Crippen LogP contribution in [0, 0.1) is 0 Å². The van der Waals surface area contributed by atoms with Gasteiger partial charge in [-0.25, -0.2) is 0 Å². The van der Waals surface area contributed by atoms with Crippen LogP contribution in [0.3, 0.4) is 0 Å². The Hall–Kier alpha value is -0.350. The number of likely N-dealkylation sites (N-methyl/N-ethyl adjacent to an activating group) is 1. The summed E-state index contributed by atoms with van der Waals surface area (Å²) in [5.74, 6) is 0.168. The molecule has 0 radical (unpaired) electrons. The van der Waals surface area contributed by atoms with Crippen LogP contribution in [0.25, 0.3) is 0 Å². The monoisotopic (exact) mass is 289 g/mol. The van der Waals surface area contributed by atoms with Crippen LogP contribution in [0.15, 0.2) is 17.5 Å². The molecule has 84 valence electrons. The molecule has 0 fully saturated rings. The van der Waals surface area contributed by atoms with E-state index in [1.54, 1.807) is 11.3 Å². The van der Waals surface area contributed by atoms with E-state index >= 15 is 0 Å². The average Bonchev–Trinajstić information content (AvgIpc) is 2.69. The molecule has 15 heavy (non-hydrogen) atoms. The van der Waals surface area contributed by atoms with E-state index < -0.39 is 0 Å². The van der Waals surface area contributed by atoms with Crippen LogP contribution in [0.5, 0.6) is 0 Å². The van der Waals surface area contributed by atoms with Crippen molar-refractivity contribution in [1.82, 2.24) is 4.90 Å². The van der Waals surface area contributed by atoms with E-state index in [0.29, 0.717) is 6.42 Å². The molecular formula is C11H16BrNOS. The van der Waals surface area contributed by atoms with E-state index in [9.17, 15) is 4.79 Å². The van der Waals surface area contributed by atoms with Gasteiger partial charge in [-0.1, -0.05) is 22.0 Å². The number of amides is 1. The molecule has 0 bridgehead atoms. The van der Waals surface area contributed by atoms with Gasteiger partial charge >= 0.3 is 0 Å². The zero-order valence-corrected chi connectivity index (χ0v) is 11.7. The molecule has 0 atom stereocenters. The smallest absolute Gasteiger partial charge is 0.228 e. The maximum atomic E-state index is 11.9. The fourth-order valence-electron chi connectivity index (χ4n) is 1.11. The molecule has 0 saturated carbocycles. The predicted molar refractivity (Wildman–Crippen MR) is 68.7 cm³/mol. The molecular weight excluding hydrogens is 274 g/mol. The van der Waals surface area contributed by atoms with Crippen molar-refractivity contribution in [2.75, 3.05) is 12.4 Å². The molecule has 1 rings (SSSR count). The van der Waals surface area contributed by atoms with E-state index in [4.69, 9.17) is 0 Å². The van der Waals surface area contributed by atoms with Crippen LogP contribution >= 0.6 is 27.3 Å². The lowest BCUT2D eigenvalue weighted by Crippen LogP contribution is -2.46. The highest BCUT2D eigenvalue weighted by molar-refractivity contribution is 9.09. The lowest BCUT2D eigenvalue weighted by Gasteiger charge is -2.34. The first kappa shape index (κ1) is 12.7. The quantitative estimate of drug-likeness (QED) is 0.781. The number of hydrogen-bond acceptors (Lipinski definition) is 2. The minimum Gasteiger partial charge on any atom is -0.339 e. The van der Waals surface area contributed by atoms with Crippen LogP contribution in [-0.4, -0.2) is 28.7 Å². The Morgan fingerprint density at radius 1 is 1.60 bits per heavy atom. The summed E-state index contributed by atoms with van der Waals surface area (Å²) >= 11 is 5.05. The zero-order chi connectivity index (χ0) is 11.5. The van der Waals surface area contributed by atoms with E-state index in [-0.39, 0.29) is 11.4 Å². The fourth-order valence-corrected chi connectivity index (χ4v) is 2.18. The third-order valence-electron chi connectivity index (χ3n) is 2.51. The lowest BCUT2D eigenvalue weighted by molar-refractivity contribution is -0.133. The van der Waals surface area contributed by atoms with Crippen LogP contribution in [0.4, 0.5) is 0 Å². The number of thiophene rings is 1. The van der Waals surface area contributed by atoms with Crippen LogP contribution in [-0.2, 0) is 11.2 Å². The molecule has 0 aromatic carbocycles. The maximum Gasteiger partial charge on any atom is 0.228 e. The topological polar surface area (TPSA) is 20.3 Å². The van der Waals surface area contributed by atoms with Crippen molar-refractivity contribution in [2.24, 2.45) is 0 Å². The van der Waals surface area contributed by atoms with Crippen molar-refractivity contribution in [1.29, 1.82) is 0 Å². The number of carbonyl (C=O) groups is 1. The SMILES string of the molecule is CN(C(=O)Cc1cccs1)C(C)(C)CBr. The summed E-state index contributed by atoms with van der Waals surface area (Å²) in [6.07, 6.45) is 0.505. The number of carbonyl (C=O) groups excluding carboxylic acids is 1. The van der Waals surface area contributed by atoms with Crippen molar-refractivity contribution >= 4 is 33.2 Å². The molecule has 1 aromatic heterocycles. The van der Waals surface area contributed by atoms with E-state index in [1.807, 2.05) is 43.3 Å². The number of nitrogens with zero attached hydrogens (tertiary/aromatic N) is 1. The van der Waals surface area contributed by atoms with Gasteiger partial charge in [-0.3, -0.25) is 4.79 Å². The average molecular weight is 290 g/mol. The van der Waals surface area contributed by atoms with Crippen molar-refractivity contribution < 1.29 is 4.79 Å². The number of halogens is 1. The van der Waals surface area contributed by atoms with E-state index in [2.05, 4.69) is 15.9 Å². The van der Waals surface area contributed by atoms with Crippen LogP contribution in [0.1, 0.15) is 18.7 Å². The summed E-state index contributed by atoms with van der Waals surface area (Å²) in [7, 11) is 1.86. The van der Waals surface area contributed by atoms with Gasteiger partial charge in [0, 0.05) is 22.8 Å². The summed E-state index contributed by atoms with van der Waals surface area (Å²) in [5, 5.41) is 2.78. The lowest BCUT2D eigenvalue weighted by atomic mass is 10.1. The largest absolute Gasteiger partial charge is 0.339 e. The molecule has 0 unspecified atom stereocenters. The Kier molecular flexibility index (Phi) is 4.34. The van der Waals surface area contributed by atoms with Gasteiger partial charge in [0.2, 0.25) is 5.91 Å². The second kappa shape index (κ2) is 5.12. The molecule has 0 aliphatic rings. The van der Waals surface area contributed by atoms with Crippen LogP contribution < -0.4 is 0 Å². The molecule has 1 aromatic rings. The summed E-state index contributed by atoms with van der Waals surface area (Å²) in [5.41, 5.74) is -0.131. The second-order valence-electron chi connectivity index (χ2n) is 4.15. The number of hydrogen-bond donors (Lipinski definition) is 0. The summed E-state index contributed by atoms with van der Waals surface area (Å²) < 4.78 is 0. The molecule has 2 nitrogen and oxygen atoms in total. The highest BCUT2D eigenvalue weighted by atomic mass is 79.9. The van der Waals surface area contributed by atoms with Gasteiger partial charge in [-0.05, 0) is 25.3 Å². The van der Waals surface area contributed by atoms with Gasteiger partial charge in [-0.15, -0.1) is 11.3 Å². The van der Waals surface area contributed by atoms with Gasteiger partial charge < -0.3 is 4.90 Å². The Morgan fingerprint density at radius 3 is 2.73 bits per heavy atom. The van der Waals surface area contributed by atoms with Gasteiger partial charge in [0.1, 0.15) is 0 Å². The third kappa shape index (κ3) is 3.31. The highest BCUT2D eigenvalue weighted by Gasteiger charge is 2.26. The molecule has 1 heterocycles. The molecule has 4 heteroatoms. The van der Waals surface area contributed by atoms with Gasteiger partial charge in [0.05, 0.1) is 6.42 Å². The van der Waals surface area contributed by atoms with Crippen molar-refractivity contribution in [2.45, 2.75) is 25.8 Å². The van der Waals surface area contributed by atoms with Gasteiger partial charge in [0.15, 0.2) is 0 Å². The molecule has 1 amide bonds. The first-order chi connectivity index (χ1) is 6.97. The standard InChI is InChI=1S/C11H16BrNOS/c1-11(2,8-12)13(3)10(14)7-9-5-4-6-15-9/h4-6H,7-8H2,1-3H3. The van der Waals surface area contributed by atoms with E-state index in [1.165, 1.54) is 0 Å². The highest BCUT2D eigenvalue weighted by Crippen LogP contribution is 2.18. The summed E-state index contributed by atoms with van der Waals surface area (Å²) in [6.45, 7) is 4.10. The Labute approximate surface area is 103 Å². The maximum absolute atomic E-state index is 11.9. The Morgan fingerprint density at radius 2 is 2.27 bits per heavy atom. The predicted octanol–water partition coefficient (Wildman–Crippen LogP) is 2.92. The Balaban J connectivity index is 2.62. The molecule has 0 N–H and O–H groups in total. The summed E-state index contributed by atoms with van der Waals surface area (Å²) in [6, 6.07) is 3.97. The molecule has 0 spiro atoms.